The van der Waals surface area contributed by atoms with E-state index in [1.807, 2.05) is 10.9 Å². The van der Waals surface area contributed by atoms with Crippen LogP contribution in [0.4, 0.5) is 0 Å². The number of aliphatic hydroxyl groups is 1. The van der Waals surface area contributed by atoms with E-state index in [0.717, 1.165) is 44.1 Å². The van der Waals surface area contributed by atoms with Crippen LogP contribution in [0.15, 0.2) is 12.4 Å². The molecule has 0 bridgehead atoms. The third kappa shape index (κ3) is 2.38. The Morgan fingerprint density at radius 3 is 3.00 bits per heavy atom. The molecule has 94 valence electrons. The van der Waals surface area contributed by atoms with Crippen LogP contribution in [0.25, 0.3) is 0 Å². The van der Waals surface area contributed by atoms with Gasteiger partial charge in [-0.05, 0) is 31.7 Å². The normalized spacial score (nSPS) is 30.0. The second-order valence-electron chi connectivity index (χ2n) is 5.56. The molecule has 2 fully saturated rings. The predicted molar refractivity (Wildman–Crippen MR) is 65.8 cm³/mol. The van der Waals surface area contributed by atoms with Crippen LogP contribution < -0.4 is 0 Å². The Balaban J connectivity index is 1.63. The van der Waals surface area contributed by atoms with E-state index in [1.54, 1.807) is 0 Å². The zero-order valence-electron chi connectivity index (χ0n) is 10.5. The maximum absolute atomic E-state index is 10.6. The van der Waals surface area contributed by atoms with Gasteiger partial charge in [-0.3, -0.25) is 9.58 Å². The number of aryl methyl sites for hydroxylation is 1. The van der Waals surface area contributed by atoms with Gasteiger partial charge < -0.3 is 5.11 Å². The van der Waals surface area contributed by atoms with E-state index >= 15 is 0 Å². The molecular formula is C13H21N3O. The van der Waals surface area contributed by atoms with E-state index < -0.39 is 5.60 Å². The average Bonchev–Trinajstić information content (AvgIpc) is 2.95. The molecule has 3 rings (SSSR count). The first-order valence-electron chi connectivity index (χ1n) is 6.66. The number of likely N-dealkylation sites (tertiary alicyclic amines) is 1. The molecule has 1 aromatic heterocycles. The standard InChI is InChI=1S/C13H21N3O/c1-2-16-9-11(8-14-16)7-13(17)5-6-15(10-13)12-3-4-12/h8-9,12,17H,2-7,10H2,1H3. The number of β-amino-alcohol motifs (C(OH)–C–C–N with tert-alkyl or cyclic N) is 1. The highest BCUT2D eigenvalue weighted by molar-refractivity contribution is 5.11. The fourth-order valence-electron chi connectivity index (χ4n) is 2.83. The summed E-state index contributed by atoms with van der Waals surface area (Å²) in [5.41, 5.74) is 0.636. The van der Waals surface area contributed by atoms with Crippen molar-refractivity contribution < 1.29 is 5.11 Å². The van der Waals surface area contributed by atoms with E-state index in [0.29, 0.717) is 0 Å². The number of rotatable bonds is 4. The molecule has 1 saturated carbocycles. The van der Waals surface area contributed by atoms with Crippen LogP contribution >= 0.6 is 0 Å². The molecule has 1 aliphatic carbocycles. The number of nitrogens with zero attached hydrogens (tertiary/aromatic N) is 3. The van der Waals surface area contributed by atoms with E-state index in [9.17, 15) is 5.11 Å². The Labute approximate surface area is 102 Å². The average molecular weight is 235 g/mol. The number of hydrogen-bond donors (Lipinski definition) is 1. The largest absolute Gasteiger partial charge is 0.388 e. The summed E-state index contributed by atoms with van der Waals surface area (Å²) in [6, 6.07) is 0.766. The highest BCUT2D eigenvalue weighted by Gasteiger charge is 2.41. The summed E-state index contributed by atoms with van der Waals surface area (Å²) in [6.45, 7) is 4.88. The Bertz CT molecular complexity index is 399. The zero-order chi connectivity index (χ0) is 11.9. The minimum Gasteiger partial charge on any atom is -0.388 e. The summed E-state index contributed by atoms with van der Waals surface area (Å²) < 4.78 is 1.92. The highest BCUT2D eigenvalue weighted by atomic mass is 16.3. The molecule has 2 heterocycles. The third-order valence-electron chi connectivity index (χ3n) is 3.97. The summed E-state index contributed by atoms with van der Waals surface area (Å²) in [6.07, 6.45) is 8.24. The summed E-state index contributed by atoms with van der Waals surface area (Å²) in [5.74, 6) is 0. The van der Waals surface area contributed by atoms with Gasteiger partial charge in [0.2, 0.25) is 0 Å². The van der Waals surface area contributed by atoms with Gasteiger partial charge in [-0.15, -0.1) is 0 Å². The first kappa shape index (κ1) is 11.2. The molecule has 1 atom stereocenters. The lowest BCUT2D eigenvalue weighted by atomic mass is 9.95. The second kappa shape index (κ2) is 4.10. The molecule has 17 heavy (non-hydrogen) atoms. The molecule has 0 spiro atoms. The fourth-order valence-corrected chi connectivity index (χ4v) is 2.83. The molecule has 1 aromatic rings. The van der Waals surface area contributed by atoms with Crippen LogP contribution in [0.3, 0.4) is 0 Å². The van der Waals surface area contributed by atoms with Gasteiger partial charge in [0.15, 0.2) is 0 Å². The summed E-state index contributed by atoms with van der Waals surface area (Å²) in [5, 5.41) is 14.9. The Morgan fingerprint density at radius 2 is 2.35 bits per heavy atom. The van der Waals surface area contributed by atoms with Crippen LogP contribution in [0.1, 0.15) is 31.7 Å². The van der Waals surface area contributed by atoms with Crippen molar-refractivity contribution in [3.63, 3.8) is 0 Å². The van der Waals surface area contributed by atoms with Gasteiger partial charge >= 0.3 is 0 Å². The van der Waals surface area contributed by atoms with Crippen molar-refractivity contribution in [2.45, 2.75) is 50.8 Å². The van der Waals surface area contributed by atoms with E-state index in [2.05, 4.69) is 23.1 Å². The van der Waals surface area contributed by atoms with Gasteiger partial charge in [-0.25, -0.2) is 0 Å². The molecule has 0 aromatic carbocycles. The van der Waals surface area contributed by atoms with Crippen LogP contribution in [-0.2, 0) is 13.0 Å². The highest BCUT2D eigenvalue weighted by Crippen LogP contribution is 2.34. The zero-order valence-corrected chi connectivity index (χ0v) is 10.5. The quantitative estimate of drug-likeness (QED) is 0.848. The van der Waals surface area contributed by atoms with Crippen molar-refractivity contribution in [3.05, 3.63) is 18.0 Å². The minimum absolute atomic E-state index is 0.524. The van der Waals surface area contributed by atoms with Gasteiger partial charge in [0.25, 0.3) is 0 Å². The predicted octanol–water partition coefficient (Wildman–Crippen LogP) is 1.04. The van der Waals surface area contributed by atoms with E-state index in [4.69, 9.17) is 0 Å². The van der Waals surface area contributed by atoms with Crippen molar-refractivity contribution in [1.29, 1.82) is 0 Å². The first-order chi connectivity index (χ1) is 8.18. The summed E-state index contributed by atoms with van der Waals surface area (Å²) in [4.78, 5) is 2.45. The first-order valence-corrected chi connectivity index (χ1v) is 6.66. The molecule has 1 N–H and O–H groups in total. The van der Waals surface area contributed by atoms with Crippen molar-refractivity contribution >= 4 is 0 Å². The molecular weight excluding hydrogens is 214 g/mol. The molecule has 4 nitrogen and oxygen atoms in total. The van der Waals surface area contributed by atoms with Gasteiger partial charge in [-0.2, -0.15) is 5.10 Å². The summed E-state index contributed by atoms with van der Waals surface area (Å²) in [7, 11) is 0. The fraction of sp³-hybridized carbons (Fsp3) is 0.769. The molecule has 2 aliphatic rings. The van der Waals surface area contributed by atoms with E-state index in [1.165, 1.54) is 12.8 Å². The van der Waals surface area contributed by atoms with Crippen molar-refractivity contribution in [1.82, 2.24) is 14.7 Å². The number of hydrogen-bond acceptors (Lipinski definition) is 3. The van der Waals surface area contributed by atoms with Gasteiger partial charge in [0.1, 0.15) is 0 Å². The number of aromatic nitrogens is 2. The topological polar surface area (TPSA) is 41.3 Å². The Kier molecular flexibility index (Phi) is 2.71. The van der Waals surface area contributed by atoms with Gasteiger partial charge in [0, 0.05) is 38.3 Å². The van der Waals surface area contributed by atoms with Crippen LogP contribution in [0.5, 0.6) is 0 Å². The van der Waals surface area contributed by atoms with Crippen molar-refractivity contribution in [3.8, 4) is 0 Å². The summed E-state index contributed by atoms with van der Waals surface area (Å²) >= 11 is 0. The lowest BCUT2D eigenvalue weighted by Crippen LogP contribution is -2.36. The lowest BCUT2D eigenvalue weighted by Gasteiger charge is -2.22. The van der Waals surface area contributed by atoms with Gasteiger partial charge in [-0.1, -0.05) is 0 Å². The minimum atomic E-state index is -0.524. The van der Waals surface area contributed by atoms with Crippen LogP contribution in [-0.4, -0.2) is 44.5 Å². The second-order valence-corrected chi connectivity index (χ2v) is 5.56. The Morgan fingerprint density at radius 1 is 1.53 bits per heavy atom. The van der Waals surface area contributed by atoms with Crippen molar-refractivity contribution in [2.24, 2.45) is 0 Å². The van der Waals surface area contributed by atoms with Crippen LogP contribution in [0, 0.1) is 0 Å². The van der Waals surface area contributed by atoms with Crippen LogP contribution in [0.2, 0.25) is 0 Å². The molecule has 0 radical (unpaired) electrons. The monoisotopic (exact) mass is 235 g/mol. The van der Waals surface area contributed by atoms with Crippen molar-refractivity contribution in [2.75, 3.05) is 13.1 Å². The Hall–Kier alpha value is -0.870. The molecule has 1 saturated heterocycles. The van der Waals surface area contributed by atoms with Gasteiger partial charge in [0.05, 0.1) is 11.8 Å². The SMILES string of the molecule is CCn1cc(CC2(O)CCN(C3CC3)C2)cn1. The van der Waals surface area contributed by atoms with E-state index in [-0.39, 0.29) is 0 Å². The molecule has 0 amide bonds. The molecule has 1 unspecified atom stereocenters. The third-order valence-corrected chi connectivity index (χ3v) is 3.97. The smallest absolute Gasteiger partial charge is 0.0827 e. The molecule has 1 aliphatic heterocycles. The molecule has 4 heteroatoms. The maximum Gasteiger partial charge on any atom is 0.0827 e. The maximum atomic E-state index is 10.6. The lowest BCUT2D eigenvalue weighted by molar-refractivity contribution is 0.0487.